The number of carbonyl (C=O) groups is 4. The number of nitrogens with zero attached hydrogens (tertiary/aromatic N) is 6. The van der Waals surface area contributed by atoms with Gasteiger partial charge < -0.3 is 49.7 Å². The number of amides is 4. The minimum atomic E-state index is -1.76. The summed E-state index contributed by atoms with van der Waals surface area (Å²) in [4.78, 5) is 77.5. The molecule has 4 unspecified atom stereocenters. The molecular weight excluding hydrogens is 932 g/mol. The number of piperidine rings is 1. The van der Waals surface area contributed by atoms with Crippen LogP contribution in [0, 0.1) is 23.1 Å². The highest BCUT2D eigenvalue weighted by molar-refractivity contribution is 7.11. The Bertz CT molecular complexity index is 3120. The molecule has 3 aliphatic heterocycles. The first-order valence-electron chi connectivity index (χ1n) is 24.3. The Hall–Kier alpha value is -6.80. The van der Waals surface area contributed by atoms with Crippen molar-refractivity contribution in [2.24, 2.45) is 17.3 Å². The van der Waals surface area contributed by atoms with Crippen LogP contribution in [0.2, 0.25) is 0 Å². The molecule has 71 heavy (non-hydrogen) atoms. The Kier molecular flexibility index (Phi) is 11.3. The highest BCUT2D eigenvalue weighted by Crippen LogP contribution is 2.64. The highest BCUT2D eigenvalue weighted by Gasteiger charge is 2.70. The summed E-state index contributed by atoms with van der Waals surface area (Å²) < 4.78 is 35.5. The lowest BCUT2D eigenvalue weighted by Gasteiger charge is -2.37. The van der Waals surface area contributed by atoms with Gasteiger partial charge in [-0.3, -0.25) is 14.2 Å². The Labute approximate surface area is 412 Å². The zero-order valence-corrected chi connectivity index (χ0v) is 41.4. The van der Waals surface area contributed by atoms with Crippen molar-refractivity contribution in [3.63, 3.8) is 0 Å². The number of halogens is 1. The van der Waals surface area contributed by atoms with Crippen molar-refractivity contribution in [1.29, 1.82) is 0 Å². The van der Waals surface area contributed by atoms with E-state index in [0.29, 0.717) is 58.7 Å². The number of hydrogen-bond acceptors (Lipinski definition) is 12. The quantitative estimate of drug-likeness (QED) is 0.0789. The number of methoxy groups -OCH3 is 2. The van der Waals surface area contributed by atoms with Crippen molar-refractivity contribution >= 4 is 46.2 Å². The van der Waals surface area contributed by atoms with E-state index < -0.39 is 47.9 Å². The van der Waals surface area contributed by atoms with Gasteiger partial charge in [0, 0.05) is 47.6 Å². The fourth-order valence-electron chi connectivity index (χ4n) is 11.0. The lowest BCUT2D eigenvalue weighted by molar-refractivity contribution is -0.164. The van der Waals surface area contributed by atoms with E-state index in [0.717, 1.165) is 52.0 Å². The average molecular weight is 989 g/mol. The zero-order chi connectivity index (χ0) is 49.8. The number of aromatic amines is 2. The molecule has 2 aromatic carbocycles. The number of hydrogen-bond donors (Lipinski definition) is 5. The SMILES string of the molecule is COC(=O)NC(C(=O)N1CCC[C@H]1c1ncc(-c2cc(F)c3c(c2)OC(c2cnc(C4CC4)s2)n2c-3cc3cc(-c4cnc([C@@]5(O)CC6(C)CC6N5C(=O)[C@@H](NC(=O)OC)C(C)C)[nH]4)ccc32)[nH]1)C(C)C. The lowest BCUT2D eigenvalue weighted by Crippen LogP contribution is -2.57. The molecule has 2 aliphatic carbocycles. The molecule has 5 aliphatic rings. The predicted molar refractivity (Wildman–Crippen MR) is 259 cm³/mol. The Balaban J connectivity index is 0.922. The van der Waals surface area contributed by atoms with Crippen molar-refractivity contribution in [3.05, 3.63) is 82.3 Å². The zero-order valence-electron chi connectivity index (χ0n) is 40.5. The van der Waals surface area contributed by atoms with Gasteiger partial charge in [0.05, 0.1) is 70.7 Å². The number of nitrogens with one attached hydrogen (secondary N) is 4. The summed E-state index contributed by atoms with van der Waals surface area (Å²) in [6.45, 7) is 9.92. The van der Waals surface area contributed by atoms with E-state index in [1.807, 2.05) is 75.7 Å². The summed E-state index contributed by atoms with van der Waals surface area (Å²) >= 11 is 1.60. The number of carbonyl (C=O) groups excluding carboxylic acids is 4. The van der Waals surface area contributed by atoms with Crippen molar-refractivity contribution in [1.82, 2.24) is 49.9 Å². The van der Waals surface area contributed by atoms with Crippen LogP contribution in [0.15, 0.2) is 55.0 Å². The van der Waals surface area contributed by atoms with Crippen LogP contribution in [-0.2, 0) is 24.8 Å². The van der Waals surface area contributed by atoms with Crippen molar-refractivity contribution < 1.29 is 42.9 Å². The smallest absolute Gasteiger partial charge is 0.407 e. The molecule has 4 fully saturated rings. The molecule has 2 saturated heterocycles. The van der Waals surface area contributed by atoms with Crippen LogP contribution in [0.3, 0.4) is 0 Å². The second-order valence-corrected chi connectivity index (χ2v) is 21.8. The largest absolute Gasteiger partial charge is 0.464 e. The van der Waals surface area contributed by atoms with Gasteiger partial charge in [-0.1, -0.05) is 40.7 Å². The maximum atomic E-state index is 17.0. The summed E-state index contributed by atoms with van der Waals surface area (Å²) in [5, 5.41) is 19.6. The van der Waals surface area contributed by atoms with Crippen LogP contribution in [0.5, 0.6) is 5.75 Å². The lowest BCUT2D eigenvalue weighted by atomic mass is 9.97. The maximum absolute atomic E-state index is 17.0. The number of imidazole rings is 2. The highest BCUT2D eigenvalue weighted by atomic mass is 32.1. The third kappa shape index (κ3) is 7.89. The fraction of sp³-hybridized carbons (Fsp3) is 0.471. The summed E-state index contributed by atoms with van der Waals surface area (Å²) in [7, 11) is 2.50. The standard InChI is InChI=1S/C51H57FN10O8S/c1-24(2)40(58-48(65)68-6)44(63)60-14-8-9-34(60)42-53-20-32(56-42)28-16-30(52)39-35-17-29-15-27(12-13-33(29)61(35)46(70-36(39)18-28)37-22-54-43(71-37)26-10-11-26)31-21-55-47(57-31)51(67)23-50(5)19-38(50)62(51)45(64)41(25(3)4)59-49(66)69-7/h12-13,15-18,20-22,24-26,34,38,40-41,46,67H,8-11,14,19,23H2,1-7H3,(H,53,56)(H,55,57)(H,58,65)(H,59,66)/t34-,38?,40?,41-,46?,50?,51-/m0/s1. The average Bonchev–Trinajstić information content (AvgIpc) is 3.82. The van der Waals surface area contributed by atoms with Gasteiger partial charge in [-0.15, -0.1) is 11.3 Å². The van der Waals surface area contributed by atoms with Gasteiger partial charge in [0.25, 0.3) is 0 Å². The van der Waals surface area contributed by atoms with Gasteiger partial charge in [-0.2, -0.15) is 0 Å². The second-order valence-electron chi connectivity index (χ2n) is 20.7. The summed E-state index contributed by atoms with van der Waals surface area (Å²) in [5.74, 6) is -0.0628. The van der Waals surface area contributed by atoms with E-state index in [9.17, 15) is 24.3 Å². The number of alkyl carbamates (subject to hydrolysis) is 2. The first-order valence-corrected chi connectivity index (χ1v) is 25.1. The van der Waals surface area contributed by atoms with Crippen LogP contribution < -0.4 is 15.4 Å². The molecule has 11 rings (SSSR count). The van der Waals surface area contributed by atoms with Crippen LogP contribution in [0.4, 0.5) is 14.0 Å². The molecule has 4 aromatic heterocycles. The van der Waals surface area contributed by atoms with Gasteiger partial charge in [0.15, 0.2) is 5.82 Å². The number of aromatic nitrogens is 6. The number of benzene rings is 2. The van der Waals surface area contributed by atoms with Crippen LogP contribution in [0.25, 0.3) is 44.7 Å². The number of thiazole rings is 1. The van der Waals surface area contributed by atoms with Crippen molar-refractivity contribution in [2.45, 2.75) is 115 Å². The van der Waals surface area contributed by atoms with Crippen molar-refractivity contribution in [3.8, 4) is 39.5 Å². The molecule has 372 valence electrons. The molecule has 5 N–H and O–H groups in total. The Morgan fingerprint density at radius 3 is 2.30 bits per heavy atom. The van der Waals surface area contributed by atoms with E-state index in [4.69, 9.17) is 24.2 Å². The number of rotatable bonds is 12. The fourth-order valence-corrected chi connectivity index (χ4v) is 12.1. The third-order valence-electron chi connectivity index (χ3n) is 15.0. The van der Waals surface area contributed by atoms with E-state index >= 15 is 4.39 Å². The second kappa shape index (κ2) is 17.2. The van der Waals surface area contributed by atoms with Crippen LogP contribution in [-0.4, -0.2) is 107 Å². The summed E-state index contributed by atoms with van der Waals surface area (Å²) in [6.07, 6.45) is 7.63. The minimum absolute atomic E-state index is 0.187. The molecular formula is C51H57FN10O8S. The summed E-state index contributed by atoms with van der Waals surface area (Å²) in [6, 6.07) is 8.80. The normalized spacial score (nSPS) is 24.1. The molecule has 0 spiro atoms. The number of fused-ring (bicyclic) bond motifs is 6. The number of ether oxygens (including phenoxy) is 3. The van der Waals surface area contributed by atoms with Gasteiger partial charge in [0.2, 0.25) is 23.8 Å². The Morgan fingerprint density at radius 1 is 0.887 bits per heavy atom. The molecule has 7 atom stereocenters. The first kappa shape index (κ1) is 46.6. The van der Waals surface area contributed by atoms with E-state index in [2.05, 4.69) is 25.6 Å². The minimum Gasteiger partial charge on any atom is -0.464 e. The number of H-pyrrole nitrogens is 2. The van der Waals surface area contributed by atoms with Gasteiger partial charge >= 0.3 is 12.2 Å². The molecule has 18 nitrogen and oxygen atoms in total. The third-order valence-corrected chi connectivity index (χ3v) is 16.2. The van der Waals surface area contributed by atoms with Gasteiger partial charge in [-0.25, -0.2) is 28.9 Å². The van der Waals surface area contributed by atoms with Crippen LogP contribution in [0.1, 0.15) is 113 Å². The van der Waals surface area contributed by atoms with E-state index in [1.54, 1.807) is 28.6 Å². The molecule has 4 amide bonds. The topological polar surface area (TPSA) is 222 Å². The molecule has 0 bridgehead atoms. The molecule has 20 heteroatoms. The number of aliphatic hydroxyl groups is 1. The Morgan fingerprint density at radius 2 is 1.59 bits per heavy atom. The maximum Gasteiger partial charge on any atom is 0.407 e. The number of likely N-dealkylation sites (tertiary alicyclic amines) is 2. The summed E-state index contributed by atoms with van der Waals surface area (Å²) in [5.41, 5.74) is 2.06. The molecule has 6 aromatic rings. The van der Waals surface area contributed by atoms with E-state index in [1.165, 1.54) is 25.2 Å². The first-order chi connectivity index (χ1) is 34.0. The molecule has 0 radical (unpaired) electrons. The van der Waals surface area contributed by atoms with E-state index in [-0.39, 0.29) is 47.5 Å². The van der Waals surface area contributed by atoms with Crippen LogP contribution >= 0.6 is 11.3 Å². The molecule has 2 saturated carbocycles. The van der Waals surface area contributed by atoms with Crippen molar-refractivity contribution in [2.75, 3.05) is 20.8 Å². The van der Waals surface area contributed by atoms with Gasteiger partial charge in [0.1, 0.15) is 29.5 Å². The monoisotopic (exact) mass is 988 g/mol. The predicted octanol–water partition coefficient (Wildman–Crippen LogP) is 8.08. The van der Waals surface area contributed by atoms with Gasteiger partial charge in [-0.05, 0) is 79.7 Å². The molecule has 7 heterocycles.